The van der Waals surface area contributed by atoms with Crippen LogP contribution >= 0.6 is 0 Å². The van der Waals surface area contributed by atoms with Gasteiger partial charge in [-0.05, 0) is 36.2 Å². The summed E-state index contributed by atoms with van der Waals surface area (Å²) >= 11 is 0. The molecule has 0 spiro atoms. The molecule has 1 amide bonds. The van der Waals surface area contributed by atoms with E-state index in [0.717, 1.165) is 12.0 Å². The number of carbonyl (C=O) groups is 2. The number of benzene rings is 1. The van der Waals surface area contributed by atoms with Crippen molar-refractivity contribution >= 4 is 17.6 Å². The molecule has 2 rings (SSSR count). The van der Waals surface area contributed by atoms with Crippen LogP contribution in [0.4, 0.5) is 5.69 Å². The number of pyridine rings is 1. The molecule has 20 heavy (non-hydrogen) atoms. The van der Waals surface area contributed by atoms with Crippen LogP contribution in [-0.2, 0) is 6.42 Å². The average Bonchev–Trinajstić information content (AvgIpc) is 2.47. The van der Waals surface area contributed by atoms with E-state index < -0.39 is 11.9 Å². The lowest BCUT2D eigenvalue weighted by Gasteiger charge is -2.06. The molecule has 1 aromatic carbocycles. The second-order valence-electron chi connectivity index (χ2n) is 4.22. The van der Waals surface area contributed by atoms with Crippen molar-refractivity contribution in [2.75, 3.05) is 5.32 Å². The topological polar surface area (TPSA) is 79.3 Å². The zero-order valence-corrected chi connectivity index (χ0v) is 11.0. The summed E-state index contributed by atoms with van der Waals surface area (Å²) in [5.41, 5.74) is 1.69. The summed E-state index contributed by atoms with van der Waals surface area (Å²) < 4.78 is 0. The third-order valence-corrected chi connectivity index (χ3v) is 2.79. The van der Waals surface area contributed by atoms with E-state index in [0.29, 0.717) is 5.69 Å². The number of aryl methyl sites for hydroxylation is 1. The molecule has 5 heteroatoms. The number of carbonyl (C=O) groups excluding carboxylic acids is 1. The number of carboxylic acids is 1. The maximum absolute atomic E-state index is 12.0. The van der Waals surface area contributed by atoms with Gasteiger partial charge in [0.15, 0.2) is 0 Å². The molecule has 5 nitrogen and oxygen atoms in total. The lowest BCUT2D eigenvalue weighted by atomic mass is 10.1. The largest absolute Gasteiger partial charge is 0.477 e. The van der Waals surface area contributed by atoms with Gasteiger partial charge < -0.3 is 10.4 Å². The lowest BCUT2D eigenvalue weighted by Crippen LogP contribution is -2.15. The molecule has 1 aromatic heterocycles. The fraction of sp³-hybridized carbons (Fsp3) is 0.133. The zero-order valence-electron chi connectivity index (χ0n) is 11.0. The van der Waals surface area contributed by atoms with Gasteiger partial charge in [-0.15, -0.1) is 0 Å². The van der Waals surface area contributed by atoms with Crippen molar-refractivity contribution in [3.8, 4) is 0 Å². The molecule has 1 heterocycles. The molecule has 0 aliphatic rings. The number of hydrogen-bond donors (Lipinski definition) is 2. The Morgan fingerprint density at radius 3 is 2.55 bits per heavy atom. The molecular formula is C15H14N2O3. The Balaban J connectivity index is 2.19. The first kappa shape index (κ1) is 13.7. The van der Waals surface area contributed by atoms with E-state index in [1.807, 2.05) is 25.1 Å². The van der Waals surface area contributed by atoms with Gasteiger partial charge in [-0.1, -0.05) is 25.1 Å². The number of anilines is 1. The van der Waals surface area contributed by atoms with Gasteiger partial charge in [0.1, 0.15) is 11.4 Å². The Bertz CT molecular complexity index is 653. The van der Waals surface area contributed by atoms with E-state index in [1.165, 1.54) is 18.2 Å². The summed E-state index contributed by atoms with van der Waals surface area (Å²) in [5.74, 6) is -1.59. The Hall–Kier alpha value is -2.69. The van der Waals surface area contributed by atoms with Crippen LogP contribution in [0.1, 0.15) is 33.5 Å². The van der Waals surface area contributed by atoms with Crippen LogP contribution in [0.2, 0.25) is 0 Å². The molecule has 0 atom stereocenters. The van der Waals surface area contributed by atoms with Crippen LogP contribution in [-0.4, -0.2) is 22.0 Å². The quantitative estimate of drug-likeness (QED) is 0.895. The predicted octanol–water partition coefficient (Wildman–Crippen LogP) is 2.59. The second-order valence-corrected chi connectivity index (χ2v) is 4.22. The number of amides is 1. The minimum absolute atomic E-state index is 0.0757. The molecule has 0 aliphatic carbocycles. The third-order valence-electron chi connectivity index (χ3n) is 2.79. The second kappa shape index (κ2) is 5.97. The van der Waals surface area contributed by atoms with Gasteiger partial charge in [0.25, 0.3) is 5.91 Å². The summed E-state index contributed by atoms with van der Waals surface area (Å²) in [6, 6.07) is 11.8. The van der Waals surface area contributed by atoms with E-state index in [9.17, 15) is 9.59 Å². The minimum Gasteiger partial charge on any atom is -0.477 e. The zero-order chi connectivity index (χ0) is 14.5. The first-order chi connectivity index (χ1) is 9.60. The molecule has 0 saturated carbocycles. The van der Waals surface area contributed by atoms with Gasteiger partial charge in [0.05, 0.1) is 0 Å². The van der Waals surface area contributed by atoms with Crippen molar-refractivity contribution in [1.29, 1.82) is 0 Å². The normalized spacial score (nSPS) is 10.1. The Morgan fingerprint density at radius 2 is 1.85 bits per heavy atom. The lowest BCUT2D eigenvalue weighted by molar-refractivity contribution is 0.0690. The van der Waals surface area contributed by atoms with Gasteiger partial charge in [-0.2, -0.15) is 0 Å². The highest BCUT2D eigenvalue weighted by atomic mass is 16.4. The molecule has 102 valence electrons. The molecule has 2 aromatic rings. The molecule has 0 saturated heterocycles. The Kier molecular flexibility index (Phi) is 4.10. The van der Waals surface area contributed by atoms with Gasteiger partial charge in [0.2, 0.25) is 0 Å². The van der Waals surface area contributed by atoms with Gasteiger partial charge in [0, 0.05) is 5.69 Å². The highest BCUT2D eigenvalue weighted by Gasteiger charge is 2.11. The predicted molar refractivity (Wildman–Crippen MR) is 75.0 cm³/mol. The van der Waals surface area contributed by atoms with E-state index >= 15 is 0 Å². The van der Waals surface area contributed by atoms with Crippen molar-refractivity contribution < 1.29 is 14.7 Å². The molecular weight excluding hydrogens is 256 g/mol. The molecule has 0 bridgehead atoms. The third kappa shape index (κ3) is 3.20. The summed E-state index contributed by atoms with van der Waals surface area (Å²) in [5, 5.41) is 11.6. The summed E-state index contributed by atoms with van der Waals surface area (Å²) in [4.78, 5) is 26.6. The van der Waals surface area contributed by atoms with Gasteiger partial charge >= 0.3 is 5.97 Å². The molecule has 0 fully saturated rings. The monoisotopic (exact) mass is 270 g/mol. The SMILES string of the molecule is CCc1cccc(NC(=O)c2cccc(C(=O)O)n2)c1. The maximum Gasteiger partial charge on any atom is 0.354 e. The van der Waals surface area contributed by atoms with Crippen LogP contribution in [0.25, 0.3) is 0 Å². The minimum atomic E-state index is -1.16. The van der Waals surface area contributed by atoms with Crippen LogP contribution in [0.15, 0.2) is 42.5 Å². The number of aromatic nitrogens is 1. The first-order valence-corrected chi connectivity index (χ1v) is 6.21. The van der Waals surface area contributed by atoms with Crippen molar-refractivity contribution in [3.63, 3.8) is 0 Å². The van der Waals surface area contributed by atoms with Gasteiger partial charge in [-0.3, -0.25) is 4.79 Å². The van der Waals surface area contributed by atoms with Crippen LogP contribution in [0.3, 0.4) is 0 Å². The fourth-order valence-corrected chi connectivity index (χ4v) is 1.74. The smallest absolute Gasteiger partial charge is 0.354 e. The number of hydrogen-bond acceptors (Lipinski definition) is 3. The highest BCUT2D eigenvalue weighted by molar-refractivity contribution is 6.03. The number of nitrogens with one attached hydrogen (secondary N) is 1. The van der Waals surface area contributed by atoms with Crippen molar-refractivity contribution in [1.82, 2.24) is 4.98 Å². The van der Waals surface area contributed by atoms with Crippen LogP contribution in [0, 0.1) is 0 Å². The Labute approximate surface area is 116 Å². The van der Waals surface area contributed by atoms with Crippen LogP contribution in [0.5, 0.6) is 0 Å². The molecule has 0 radical (unpaired) electrons. The fourth-order valence-electron chi connectivity index (χ4n) is 1.74. The number of aromatic carboxylic acids is 1. The van der Waals surface area contributed by atoms with Crippen molar-refractivity contribution in [2.45, 2.75) is 13.3 Å². The van der Waals surface area contributed by atoms with Crippen LogP contribution < -0.4 is 5.32 Å². The summed E-state index contributed by atoms with van der Waals surface area (Å²) in [6.07, 6.45) is 0.871. The maximum atomic E-state index is 12.0. The number of carboxylic acid groups (broad SMARTS) is 1. The Morgan fingerprint density at radius 1 is 1.15 bits per heavy atom. The van der Waals surface area contributed by atoms with Crippen molar-refractivity contribution in [3.05, 3.63) is 59.4 Å². The average molecular weight is 270 g/mol. The highest BCUT2D eigenvalue weighted by Crippen LogP contribution is 2.12. The standard InChI is InChI=1S/C15H14N2O3/c1-2-10-5-3-6-11(9-10)16-14(18)12-7-4-8-13(17-12)15(19)20/h3-9H,2H2,1H3,(H,16,18)(H,19,20). The number of nitrogens with zero attached hydrogens (tertiary/aromatic N) is 1. The van der Waals surface area contributed by atoms with E-state index in [1.54, 1.807) is 6.07 Å². The molecule has 0 unspecified atom stereocenters. The molecule has 0 aliphatic heterocycles. The number of rotatable bonds is 4. The first-order valence-electron chi connectivity index (χ1n) is 6.21. The van der Waals surface area contributed by atoms with E-state index in [4.69, 9.17) is 5.11 Å². The summed E-state index contributed by atoms with van der Waals surface area (Å²) in [6.45, 7) is 2.03. The van der Waals surface area contributed by atoms with Gasteiger partial charge in [-0.25, -0.2) is 9.78 Å². The van der Waals surface area contributed by atoms with Crippen molar-refractivity contribution in [2.24, 2.45) is 0 Å². The van der Waals surface area contributed by atoms with E-state index in [-0.39, 0.29) is 11.4 Å². The van der Waals surface area contributed by atoms with E-state index in [2.05, 4.69) is 10.3 Å². The molecule has 2 N–H and O–H groups in total. The summed E-state index contributed by atoms with van der Waals surface area (Å²) in [7, 11) is 0.